The molecule has 2 saturated heterocycles. The van der Waals surface area contributed by atoms with E-state index in [9.17, 15) is 14.4 Å². The Morgan fingerprint density at radius 2 is 1.65 bits per heavy atom. The second kappa shape index (κ2) is 6.12. The number of likely N-dealkylation sites (tertiary alicyclic amines) is 1. The minimum atomic E-state index is -0.761. The molecule has 0 aliphatic carbocycles. The number of nitrogens with zero attached hydrogens (tertiary/aromatic N) is 2. The monoisotopic (exact) mass is 316 g/mol. The summed E-state index contributed by atoms with van der Waals surface area (Å²) in [5.41, 5.74) is 1.48. The third-order valence-electron chi connectivity index (χ3n) is 4.71. The van der Waals surface area contributed by atoms with Crippen molar-refractivity contribution in [2.45, 2.75) is 26.7 Å². The van der Waals surface area contributed by atoms with E-state index >= 15 is 0 Å². The maximum absolute atomic E-state index is 12.5. The molecule has 0 unspecified atom stereocenters. The molecule has 6 heteroatoms. The number of hydrogen-bond acceptors (Lipinski definition) is 3. The minimum Gasteiger partial charge on any atom is -0.317 e. The number of nitrogens with one attached hydrogen (secondary N) is 1. The molecule has 4 amide bonds. The highest BCUT2D eigenvalue weighted by Gasteiger charge is 2.47. The molecule has 1 N–H and O–H groups in total. The predicted octanol–water partition coefficient (Wildman–Crippen LogP) is 0.563. The number of piperidine rings is 1. The molecular weight excluding hydrogens is 294 g/mol. The number of amides is 4. The van der Waals surface area contributed by atoms with E-state index in [1.807, 2.05) is 19.1 Å². The van der Waals surface area contributed by atoms with Crippen LogP contribution in [0.15, 0.2) is 24.3 Å². The van der Waals surface area contributed by atoms with Crippen molar-refractivity contribution in [1.29, 1.82) is 0 Å². The first-order valence-electron chi connectivity index (χ1n) is 8.07. The van der Waals surface area contributed by atoms with Gasteiger partial charge in [-0.3, -0.25) is 9.59 Å². The van der Waals surface area contributed by atoms with Gasteiger partial charge in [-0.2, -0.15) is 0 Å². The van der Waals surface area contributed by atoms with Crippen molar-refractivity contribution < 1.29 is 19.3 Å². The molecule has 6 nitrogen and oxygen atoms in total. The number of rotatable bonds is 3. The lowest BCUT2D eigenvalue weighted by molar-refractivity contribution is -0.913. The van der Waals surface area contributed by atoms with Crippen molar-refractivity contribution >= 4 is 23.5 Å². The fourth-order valence-electron chi connectivity index (χ4n) is 3.12. The smallest absolute Gasteiger partial charge is 0.317 e. The molecule has 0 radical (unpaired) electrons. The van der Waals surface area contributed by atoms with E-state index in [1.54, 1.807) is 12.1 Å². The van der Waals surface area contributed by atoms with Gasteiger partial charge in [-0.15, -0.1) is 0 Å². The first-order valence-corrected chi connectivity index (χ1v) is 8.07. The number of carbonyl (C=O) groups excluding carboxylic acids is 3. The first kappa shape index (κ1) is 15.7. The standard InChI is InChI=1S/C17H21N3O3/c1-12-3-5-14(6-4-12)20-16(22)15(21)19(17(20)23)11-18-9-7-13(2)8-10-18/h3-6,13H,7-11H2,1-2H3/p+1. The van der Waals surface area contributed by atoms with Crippen LogP contribution in [-0.2, 0) is 9.59 Å². The molecule has 122 valence electrons. The molecule has 1 aromatic rings. The topological polar surface area (TPSA) is 62.1 Å². The molecule has 0 aromatic heterocycles. The normalized spacial score (nSPS) is 25.4. The van der Waals surface area contributed by atoms with E-state index < -0.39 is 17.8 Å². The van der Waals surface area contributed by atoms with Crippen LogP contribution >= 0.6 is 0 Å². The fourth-order valence-corrected chi connectivity index (χ4v) is 3.12. The second-order valence-electron chi connectivity index (χ2n) is 6.58. The van der Waals surface area contributed by atoms with Gasteiger partial charge < -0.3 is 4.90 Å². The molecule has 0 spiro atoms. The predicted molar refractivity (Wildman–Crippen MR) is 84.9 cm³/mol. The zero-order valence-corrected chi connectivity index (χ0v) is 13.5. The Bertz CT molecular complexity index is 633. The lowest BCUT2D eigenvalue weighted by Crippen LogP contribution is -3.14. The average molecular weight is 316 g/mol. The van der Waals surface area contributed by atoms with E-state index in [2.05, 4.69) is 6.92 Å². The second-order valence-corrected chi connectivity index (χ2v) is 6.58. The van der Waals surface area contributed by atoms with Crippen molar-refractivity contribution in [2.75, 3.05) is 24.7 Å². The Kier molecular flexibility index (Phi) is 4.17. The van der Waals surface area contributed by atoms with Crippen molar-refractivity contribution in [3.05, 3.63) is 29.8 Å². The molecule has 23 heavy (non-hydrogen) atoms. The summed E-state index contributed by atoms with van der Waals surface area (Å²) in [6.45, 7) is 6.27. The Hall–Kier alpha value is -2.21. The summed E-state index contributed by atoms with van der Waals surface area (Å²) in [5, 5.41) is 0. The molecule has 2 aliphatic heterocycles. The molecule has 2 heterocycles. The maximum atomic E-state index is 12.5. The molecule has 2 aliphatic rings. The van der Waals surface area contributed by atoms with Gasteiger partial charge in [-0.05, 0) is 37.8 Å². The molecular formula is C17H22N3O3+. The third-order valence-corrected chi connectivity index (χ3v) is 4.71. The summed E-state index contributed by atoms with van der Waals surface area (Å²) in [6.07, 6.45) is 2.17. The Balaban J connectivity index is 1.75. The van der Waals surface area contributed by atoms with Gasteiger partial charge >= 0.3 is 17.8 Å². The van der Waals surface area contributed by atoms with Crippen molar-refractivity contribution in [3.63, 3.8) is 0 Å². The van der Waals surface area contributed by atoms with Gasteiger partial charge in [0.25, 0.3) is 0 Å². The lowest BCUT2D eigenvalue weighted by Gasteiger charge is -2.29. The van der Waals surface area contributed by atoms with Crippen molar-refractivity contribution in [3.8, 4) is 0 Å². The van der Waals surface area contributed by atoms with Gasteiger partial charge in [0.05, 0.1) is 18.8 Å². The van der Waals surface area contributed by atoms with Gasteiger partial charge in [0, 0.05) is 0 Å². The number of carbonyl (C=O) groups is 3. The quantitative estimate of drug-likeness (QED) is 0.655. The Morgan fingerprint density at radius 3 is 2.26 bits per heavy atom. The lowest BCUT2D eigenvalue weighted by atomic mass is 10.00. The highest BCUT2D eigenvalue weighted by molar-refractivity contribution is 6.52. The van der Waals surface area contributed by atoms with Gasteiger partial charge in [0.2, 0.25) is 0 Å². The van der Waals surface area contributed by atoms with Crippen LogP contribution in [0.3, 0.4) is 0 Å². The van der Waals surface area contributed by atoms with E-state index in [4.69, 9.17) is 0 Å². The number of hydrogen-bond donors (Lipinski definition) is 1. The Morgan fingerprint density at radius 1 is 1.04 bits per heavy atom. The van der Waals surface area contributed by atoms with Crippen molar-refractivity contribution in [2.24, 2.45) is 5.92 Å². The van der Waals surface area contributed by atoms with E-state index in [1.165, 1.54) is 4.90 Å². The summed E-state index contributed by atoms with van der Waals surface area (Å²) < 4.78 is 0. The van der Waals surface area contributed by atoms with Crippen LogP contribution < -0.4 is 9.80 Å². The molecule has 0 atom stereocenters. The number of benzene rings is 1. The van der Waals surface area contributed by atoms with Crippen molar-refractivity contribution in [1.82, 2.24) is 4.90 Å². The summed E-state index contributed by atoms with van der Waals surface area (Å²) in [5.74, 6) is -0.792. The van der Waals surface area contributed by atoms with Crippen LogP contribution in [0.25, 0.3) is 0 Å². The van der Waals surface area contributed by atoms with E-state index in [-0.39, 0.29) is 6.67 Å². The highest BCUT2D eigenvalue weighted by atomic mass is 16.2. The summed E-state index contributed by atoms with van der Waals surface area (Å²) in [6, 6.07) is 6.49. The van der Waals surface area contributed by atoms with Crippen LogP contribution in [-0.4, -0.2) is 42.5 Å². The SMILES string of the molecule is Cc1ccc(N2C(=O)C(=O)N(C[NH+]3CCC(C)CC3)C2=O)cc1. The third kappa shape index (κ3) is 2.99. The van der Waals surface area contributed by atoms with Crippen LogP contribution in [0.5, 0.6) is 0 Å². The molecule has 0 saturated carbocycles. The maximum Gasteiger partial charge on any atom is 0.343 e. The van der Waals surface area contributed by atoms with Crippen LogP contribution in [0, 0.1) is 12.8 Å². The number of anilines is 1. The van der Waals surface area contributed by atoms with Crippen LogP contribution in [0.4, 0.5) is 10.5 Å². The Labute approximate surface area is 135 Å². The zero-order valence-electron chi connectivity index (χ0n) is 13.5. The zero-order chi connectivity index (χ0) is 16.6. The number of imide groups is 2. The molecule has 0 bridgehead atoms. The number of urea groups is 1. The summed E-state index contributed by atoms with van der Waals surface area (Å²) in [4.78, 5) is 40.2. The van der Waals surface area contributed by atoms with E-state index in [0.29, 0.717) is 11.6 Å². The van der Waals surface area contributed by atoms with Gasteiger partial charge in [-0.1, -0.05) is 24.6 Å². The summed E-state index contributed by atoms with van der Waals surface area (Å²) >= 11 is 0. The van der Waals surface area contributed by atoms with Crippen LogP contribution in [0.2, 0.25) is 0 Å². The van der Waals surface area contributed by atoms with E-state index in [0.717, 1.165) is 41.3 Å². The molecule has 1 aromatic carbocycles. The fraction of sp³-hybridized carbons (Fsp3) is 0.471. The highest BCUT2D eigenvalue weighted by Crippen LogP contribution is 2.22. The number of quaternary nitrogens is 1. The van der Waals surface area contributed by atoms with Gasteiger partial charge in [0.15, 0.2) is 6.67 Å². The van der Waals surface area contributed by atoms with Gasteiger partial charge in [0.1, 0.15) is 0 Å². The minimum absolute atomic E-state index is 0.276. The van der Waals surface area contributed by atoms with Crippen LogP contribution in [0.1, 0.15) is 25.3 Å². The average Bonchev–Trinajstić information content (AvgIpc) is 2.74. The largest absolute Gasteiger partial charge is 0.343 e. The summed E-state index contributed by atoms with van der Waals surface area (Å²) in [7, 11) is 0. The molecule has 3 rings (SSSR count). The number of aryl methyl sites for hydroxylation is 1. The first-order chi connectivity index (χ1) is 11.0. The molecule has 2 fully saturated rings. The van der Waals surface area contributed by atoms with Gasteiger partial charge in [-0.25, -0.2) is 14.6 Å².